The molecular weight excluding hydrogens is 713 g/mol. The Kier molecular flexibility index (Phi) is 6.46. The van der Waals surface area contributed by atoms with Crippen molar-refractivity contribution in [3.05, 3.63) is 170 Å². The van der Waals surface area contributed by atoms with Crippen LogP contribution in [0.1, 0.15) is 12.1 Å². The van der Waals surface area contributed by atoms with E-state index in [4.69, 9.17) is 18.8 Å². The molecule has 5 aromatic heterocycles. The number of aromatic nitrogens is 3. The van der Waals surface area contributed by atoms with E-state index in [1.165, 1.54) is 16.6 Å². The summed E-state index contributed by atoms with van der Waals surface area (Å²) in [5.41, 5.74) is 17.0. The molecule has 6 heterocycles. The molecule has 0 saturated carbocycles. The van der Waals surface area contributed by atoms with Crippen LogP contribution in [0.25, 0.3) is 110 Å². The Morgan fingerprint density at radius 1 is 0.431 bits per heavy atom. The van der Waals surface area contributed by atoms with Crippen molar-refractivity contribution in [1.29, 1.82) is 0 Å². The molecule has 272 valence electrons. The lowest BCUT2D eigenvalue weighted by atomic mass is 9.97. The predicted molar refractivity (Wildman–Crippen MR) is 237 cm³/mol. The molecule has 12 aromatic rings. The van der Waals surface area contributed by atoms with Crippen molar-refractivity contribution in [3.8, 4) is 33.6 Å². The number of benzene rings is 7. The van der Waals surface area contributed by atoms with Gasteiger partial charge in [-0.15, -0.1) is 0 Å². The average Bonchev–Trinajstić information content (AvgIpc) is 4.03. The normalized spacial score (nSPS) is 13.0. The van der Waals surface area contributed by atoms with Crippen LogP contribution in [0, 0.1) is 0 Å². The number of nitrogens with zero attached hydrogens (tertiary/aromatic N) is 4. The number of para-hydroxylation sites is 2. The van der Waals surface area contributed by atoms with E-state index >= 15 is 0 Å². The van der Waals surface area contributed by atoms with E-state index < -0.39 is 0 Å². The van der Waals surface area contributed by atoms with E-state index in [1.54, 1.807) is 0 Å². The van der Waals surface area contributed by atoms with Gasteiger partial charge in [0.05, 0.1) is 27.8 Å². The monoisotopic (exact) mass is 744 g/mol. The quantitative estimate of drug-likeness (QED) is 0.180. The van der Waals surface area contributed by atoms with Gasteiger partial charge in [0.1, 0.15) is 22.3 Å². The van der Waals surface area contributed by atoms with E-state index in [2.05, 4.69) is 161 Å². The van der Waals surface area contributed by atoms with Crippen LogP contribution in [0.3, 0.4) is 0 Å². The van der Waals surface area contributed by atoms with E-state index in [-0.39, 0.29) is 0 Å². The summed E-state index contributed by atoms with van der Waals surface area (Å²) in [5.74, 6) is 0. The van der Waals surface area contributed by atoms with E-state index in [1.807, 2.05) is 18.5 Å². The second-order valence-corrected chi connectivity index (χ2v) is 15.3. The molecule has 0 radical (unpaired) electrons. The maximum absolute atomic E-state index is 6.41. The van der Waals surface area contributed by atoms with Gasteiger partial charge < -0.3 is 18.0 Å². The zero-order valence-electron chi connectivity index (χ0n) is 31.2. The summed E-state index contributed by atoms with van der Waals surface area (Å²) >= 11 is 0. The van der Waals surface area contributed by atoms with Gasteiger partial charge in [-0.3, -0.25) is 9.98 Å². The molecule has 0 amide bonds. The average molecular weight is 745 g/mol. The summed E-state index contributed by atoms with van der Waals surface area (Å²) in [5, 5.41) is 6.70. The van der Waals surface area contributed by atoms with Gasteiger partial charge in [-0.05, 0) is 126 Å². The van der Waals surface area contributed by atoms with Gasteiger partial charge in [-0.2, -0.15) is 0 Å². The summed E-state index contributed by atoms with van der Waals surface area (Å²) in [4.78, 5) is 9.57. The molecule has 0 saturated heterocycles. The molecule has 0 spiro atoms. The maximum atomic E-state index is 6.41. The number of hydrogen-bond acceptors (Lipinski definition) is 4. The Morgan fingerprint density at radius 3 is 1.67 bits per heavy atom. The lowest BCUT2D eigenvalue weighted by Crippen LogP contribution is -2.02. The number of rotatable bonds is 4. The second kappa shape index (κ2) is 11.9. The Bertz CT molecular complexity index is 3650. The lowest BCUT2D eigenvalue weighted by Gasteiger charge is -2.13. The smallest absolute Gasteiger partial charge is 0.135 e. The highest BCUT2D eigenvalue weighted by Crippen LogP contribution is 2.41. The Hall–Kier alpha value is -7.70. The first-order chi connectivity index (χ1) is 28.7. The van der Waals surface area contributed by atoms with Crippen LogP contribution in [0.4, 0.5) is 5.69 Å². The third kappa shape index (κ3) is 4.54. The van der Waals surface area contributed by atoms with Crippen LogP contribution in [-0.4, -0.2) is 20.3 Å². The maximum Gasteiger partial charge on any atom is 0.135 e. The highest BCUT2D eigenvalue weighted by molar-refractivity contribution is 6.10. The van der Waals surface area contributed by atoms with Crippen LogP contribution in [-0.2, 0) is 6.42 Å². The number of pyridine rings is 1. The van der Waals surface area contributed by atoms with Gasteiger partial charge in [0.25, 0.3) is 0 Å². The van der Waals surface area contributed by atoms with E-state index in [0.717, 1.165) is 118 Å². The molecule has 0 aliphatic carbocycles. The van der Waals surface area contributed by atoms with Crippen LogP contribution >= 0.6 is 0 Å². The predicted octanol–water partition coefficient (Wildman–Crippen LogP) is 13.9. The Labute approximate surface area is 331 Å². The lowest BCUT2D eigenvalue weighted by molar-refractivity contribution is 0.668. The van der Waals surface area contributed by atoms with Gasteiger partial charge in [-0.1, -0.05) is 66.7 Å². The molecule has 0 bridgehead atoms. The van der Waals surface area contributed by atoms with Crippen LogP contribution in [0.2, 0.25) is 0 Å². The summed E-state index contributed by atoms with van der Waals surface area (Å²) in [6, 6.07) is 56.1. The highest BCUT2D eigenvalue weighted by Gasteiger charge is 2.21. The minimum atomic E-state index is 0.866. The molecule has 13 rings (SSSR count). The molecule has 6 heteroatoms. The van der Waals surface area contributed by atoms with Gasteiger partial charge in [0.15, 0.2) is 0 Å². The van der Waals surface area contributed by atoms with Crippen molar-refractivity contribution >= 4 is 88.6 Å². The molecule has 0 N–H and O–H groups in total. The van der Waals surface area contributed by atoms with E-state index in [0.29, 0.717) is 0 Å². The fourth-order valence-electron chi connectivity index (χ4n) is 9.41. The third-order valence-corrected chi connectivity index (χ3v) is 12.1. The Balaban J connectivity index is 0.904. The minimum absolute atomic E-state index is 0.866. The summed E-state index contributed by atoms with van der Waals surface area (Å²) in [7, 11) is 0. The van der Waals surface area contributed by atoms with Crippen molar-refractivity contribution in [2.24, 2.45) is 4.99 Å². The number of hydrogen-bond donors (Lipinski definition) is 0. The summed E-state index contributed by atoms with van der Waals surface area (Å²) in [6.45, 7) is 0. The molecular formula is C52H32N4O2. The largest absolute Gasteiger partial charge is 0.456 e. The van der Waals surface area contributed by atoms with Gasteiger partial charge in [0, 0.05) is 61.8 Å². The van der Waals surface area contributed by atoms with Crippen molar-refractivity contribution in [2.45, 2.75) is 12.8 Å². The first-order valence-corrected chi connectivity index (χ1v) is 19.8. The molecule has 0 fully saturated rings. The summed E-state index contributed by atoms with van der Waals surface area (Å²) < 4.78 is 17.5. The van der Waals surface area contributed by atoms with Gasteiger partial charge in [-0.25, -0.2) is 0 Å². The van der Waals surface area contributed by atoms with E-state index in [9.17, 15) is 0 Å². The molecule has 58 heavy (non-hydrogen) atoms. The molecule has 1 aliphatic heterocycles. The fourth-order valence-corrected chi connectivity index (χ4v) is 9.41. The standard InChI is InChI=1S/C52H32N4O2/c1-3-12-43-37(10-1)51-45(14-6-24-53-51)55(43)35-18-22-49-41(29-35)39-27-33(16-20-47(39)57-49)31-8-5-9-32(26-31)34-17-21-48-40(28-34)42-30-36(19-23-50(42)58-48)56-44-13-4-2-11-38(44)52-46(56)15-7-25-54-52/h1-6,8-14,16-30H,7,15H2. The summed E-state index contributed by atoms with van der Waals surface area (Å²) in [6.07, 6.45) is 5.81. The van der Waals surface area contributed by atoms with Crippen molar-refractivity contribution in [3.63, 3.8) is 0 Å². The molecule has 0 atom stereocenters. The van der Waals surface area contributed by atoms with Gasteiger partial charge >= 0.3 is 0 Å². The number of fused-ring (bicyclic) bond motifs is 12. The molecule has 7 aromatic carbocycles. The fraction of sp³-hybridized carbons (Fsp3) is 0.0385. The molecule has 6 nitrogen and oxygen atoms in total. The van der Waals surface area contributed by atoms with Crippen LogP contribution in [0.5, 0.6) is 0 Å². The SMILES string of the molecule is C1=Nc2c(n(-c3ccc4oc5ccc(-c6cccc(-c7ccc8oc9ccc(-n%10c%11ccccc%11c%11ncccc%11%10)cc9c8c7)c6)cc5c4c3)c3ccccc23)CC1. The zero-order valence-corrected chi connectivity index (χ0v) is 31.2. The third-order valence-electron chi connectivity index (χ3n) is 12.1. The Morgan fingerprint density at radius 2 is 0.983 bits per heavy atom. The molecule has 1 aliphatic rings. The van der Waals surface area contributed by atoms with Crippen molar-refractivity contribution in [1.82, 2.24) is 14.1 Å². The second-order valence-electron chi connectivity index (χ2n) is 15.3. The first-order valence-electron chi connectivity index (χ1n) is 19.8. The van der Waals surface area contributed by atoms with Crippen molar-refractivity contribution in [2.75, 3.05) is 0 Å². The topological polar surface area (TPSA) is 61.4 Å². The van der Waals surface area contributed by atoms with Crippen LogP contribution < -0.4 is 0 Å². The molecule has 0 unspecified atom stereocenters. The highest BCUT2D eigenvalue weighted by atomic mass is 16.3. The van der Waals surface area contributed by atoms with Gasteiger partial charge in [0.2, 0.25) is 0 Å². The zero-order chi connectivity index (χ0) is 37.9. The number of aliphatic imine (C=N–C) groups is 1. The van der Waals surface area contributed by atoms with Crippen LogP contribution in [0.15, 0.2) is 178 Å². The van der Waals surface area contributed by atoms with Crippen molar-refractivity contribution < 1.29 is 8.83 Å². The number of furan rings is 2. The first kappa shape index (κ1) is 31.5. The minimum Gasteiger partial charge on any atom is -0.456 e.